The Bertz CT molecular complexity index is 335. The summed E-state index contributed by atoms with van der Waals surface area (Å²) in [7, 11) is 0. The maximum absolute atomic E-state index is 12.6. The van der Waals surface area contributed by atoms with Crippen molar-refractivity contribution in [2.45, 2.75) is 50.7 Å². The SMILES string of the molecule is FC(F)C1NC(C2CCC(CNC3CNCCN3)CC2)NO1. The van der Waals surface area contributed by atoms with Gasteiger partial charge < -0.3 is 10.6 Å². The summed E-state index contributed by atoms with van der Waals surface area (Å²) in [5.41, 5.74) is 2.73. The molecule has 2 aliphatic heterocycles. The van der Waals surface area contributed by atoms with Gasteiger partial charge in [-0.15, -0.1) is 0 Å². The zero-order valence-corrected chi connectivity index (χ0v) is 12.8. The molecule has 0 aromatic rings. The van der Waals surface area contributed by atoms with Gasteiger partial charge in [0.25, 0.3) is 6.43 Å². The van der Waals surface area contributed by atoms with Gasteiger partial charge in [0.15, 0.2) is 6.23 Å². The van der Waals surface area contributed by atoms with Gasteiger partial charge >= 0.3 is 0 Å². The number of piperazine rings is 1. The van der Waals surface area contributed by atoms with Crippen molar-refractivity contribution in [1.82, 2.24) is 26.7 Å². The highest BCUT2D eigenvalue weighted by atomic mass is 19.3. The number of alkyl halides is 2. The molecule has 8 heteroatoms. The fourth-order valence-corrected chi connectivity index (χ4v) is 3.58. The Morgan fingerprint density at radius 3 is 2.59 bits per heavy atom. The van der Waals surface area contributed by atoms with Crippen LogP contribution in [0.4, 0.5) is 8.78 Å². The van der Waals surface area contributed by atoms with Gasteiger partial charge in [-0.3, -0.25) is 15.5 Å². The van der Waals surface area contributed by atoms with Crippen molar-refractivity contribution in [3.63, 3.8) is 0 Å². The zero-order valence-electron chi connectivity index (χ0n) is 12.8. The lowest BCUT2D eigenvalue weighted by molar-refractivity contribution is -0.0686. The lowest BCUT2D eigenvalue weighted by Gasteiger charge is -2.33. The maximum atomic E-state index is 12.6. The van der Waals surface area contributed by atoms with E-state index in [4.69, 9.17) is 4.84 Å². The molecule has 3 atom stereocenters. The topological polar surface area (TPSA) is 69.4 Å². The summed E-state index contributed by atoms with van der Waals surface area (Å²) in [5.74, 6) is 1.04. The Morgan fingerprint density at radius 2 is 1.95 bits per heavy atom. The predicted molar refractivity (Wildman–Crippen MR) is 79.0 cm³/mol. The molecule has 3 fully saturated rings. The van der Waals surface area contributed by atoms with Crippen LogP contribution in [-0.4, -0.2) is 51.2 Å². The largest absolute Gasteiger partial charge is 0.313 e. The van der Waals surface area contributed by atoms with E-state index in [2.05, 4.69) is 26.7 Å². The average Bonchev–Trinajstić information content (AvgIpc) is 3.05. The summed E-state index contributed by atoms with van der Waals surface area (Å²) in [6.45, 7) is 4.03. The van der Waals surface area contributed by atoms with Crippen molar-refractivity contribution >= 4 is 0 Å². The molecule has 0 spiro atoms. The van der Waals surface area contributed by atoms with E-state index in [-0.39, 0.29) is 6.17 Å². The number of hydroxylamine groups is 1. The van der Waals surface area contributed by atoms with Crippen LogP contribution in [0.2, 0.25) is 0 Å². The number of nitrogens with one attached hydrogen (secondary N) is 5. The number of rotatable bonds is 5. The van der Waals surface area contributed by atoms with Gasteiger partial charge in [0, 0.05) is 19.6 Å². The van der Waals surface area contributed by atoms with E-state index in [0.29, 0.717) is 18.0 Å². The molecule has 128 valence electrons. The van der Waals surface area contributed by atoms with E-state index >= 15 is 0 Å². The third-order valence-corrected chi connectivity index (χ3v) is 4.95. The van der Waals surface area contributed by atoms with Crippen LogP contribution < -0.4 is 26.7 Å². The smallest absolute Gasteiger partial charge is 0.279 e. The molecule has 1 saturated carbocycles. The Balaban J connectivity index is 1.34. The Labute approximate surface area is 130 Å². The van der Waals surface area contributed by atoms with E-state index < -0.39 is 12.7 Å². The van der Waals surface area contributed by atoms with Crippen LogP contribution in [0, 0.1) is 11.8 Å². The van der Waals surface area contributed by atoms with Gasteiger partial charge in [-0.2, -0.15) is 5.48 Å². The monoisotopic (exact) mass is 319 g/mol. The van der Waals surface area contributed by atoms with E-state index in [1.807, 2.05) is 0 Å². The second-order valence-electron chi connectivity index (χ2n) is 6.53. The standard InChI is InChI=1S/C14H27F2N5O/c15-12(16)14-20-13(21-22-14)10-3-1-9(2-4-10)7-19-11-8-17-5-6-18-11/h9-14,17-21H,1-8H2. The zero-order chi connectivity index (χ0) is 15.4. The van der Waals surface area contributed by atoms with Crippen molar-refractivity contribution in [1.29, 1.82) is 0 Å². The van der Waals surface area contributed by atoms with E-state index in [1.165, 1.54) is 0 Å². The van der Waals surface area contributed by atoms with Crippen molar-refractivity contribution in [3.8, 4) is 0 Å². The lowest BCUT2D eigenvalue weighted by Crippen LogP contribution is -2.56. The molecule has 3 unspecified atom stereocenters. The number of hydrogen-bond donors (Lipinski definition) is 5. The number of halogens is 2. The highest BCUT2D eigenvalue weighted by Crippen LogP contribution is 2.31. The molecule has 0 aromatic carbocycles. The highest BCUT2D eigenvalue weighted by Gasteiger charge is 2.37. The molecular weight excluding hydrogens is 292 g/mol. The average molecular weight is 319 g/mol. The first-order valence-corrected chi connectivity index (χ1v) is 8.35. The summed E-state index contributed by atoms with van der Waals surface area (Å²) < 4.78 is 25.1. The molecule has 3 rings (SSSR count). The van der Waals surface area contributed by atoms with E-state index in [1.54, 1.807) is 0 Å². The third kappa shape index (κ3) is 4.33. The third-order valence-electron chi connectivity index (χ3n) is 4.95. The van der Waals surface area contributed by atoms with Gasteiger partial charge in [-0.05, 0) is 44.1 Å². The molecule has 5 N–H and O–H groups in total. The van der Waals surface area contributed by atoms with Gasteiger partial charge in [0.05, 0.1) is 12.3 Å². The van der Waals surface area contributed by atoms with E-state index in [9.17, 15) is 8.78 Å². The fourth-order valence-electron chi connectivity index (χ4n) is 3.58. The second kappa shape index (κ2) is 7.94. The van der Waals surface area contributed by atoms with E-state index in [0.717, 1.165) is 51.9 Å². The molecule has 0 aromatic heterocycles. The van der Waals surface area contributed by atoms with Gasteiger partial charge in [0.1, 0.15) is 0 Å². The molecule has 0 radical (unpaired) electrons. The normalized spacial score (nSPS) is 40.2. The van der Waals surface area contributed by atoms with Crippen LogP contribution in [0.5, 0.6) is 0 Å². The van der Waals surface area contributed by atoms with Crippen LogP contribution in [0.15, 0.2) is 0 Å². The quantitative estimate of drug-likeness (QED) is 0.489. The minimum atomic E-state index is -2.49. The molecule has 0 amide bonds. The van der Waals surface area contributed by atoms with Gasteiger partial charge in [-0.25, -0.2) is 8.78 Å². The first kappa shape index (κ1) is 16.5. The molecule has 22 heavy (non-hydrogen) atoms. The second-order valence-corrected chi connectivity index (χ2v) is 6.53. The van der Waals surface area contributed by atoms with Gasteiger partial charge in [0.2, 0.25) is 0 Å². The predicted octanol–water partition coefficient (Wildman–Crippen LogP) is -0.0570. The summed E-state index contributed by atoms with van der Waals surface area (Å²) in [6.07, 6.45) is 0.929. The Hall–Kier alpha value is -0.380. The fraction of sp³-hybridized carbons (Fsp3) is 1.00. The van der Waals surface area contributed by atoms with Crippen LogP contribution in [0.1, 0.15) is 25.7 Å². The molecule has 1 aliphatic carbocycles. The molecule has 3 aliphatic rings. The molecule has 2 heterocycles. The van der Waals surface area contributed by atoms with Crippen molar-refractivity contribution in [2.75, 3.05) is 26.2 Å². The summed E-state index contributed by atoms with van der Waals surface area (Å²) in [6, 6.07) is 0. The Kier molecular flexibility index (Phi) is 5.95. The highest BCUT2D eigenvalue weighted by molar-refractivity contribution is 4.84. The van der Waals surface area contributed by atoms with Crippen LogP contribution >= 0.6 is 0 Å². The maximum Gasteiger partial charge on any atom is 0.279 e. The summed E-state index contributed by atoms with van der Waals surface area (Å²) in [4.78, 5) is 4.90. The first-order valence-electron chi connectivity index (χ1n) is 8.35. The first-order chi connectivity index (χ1) is 10.7. The van der Waals surface area contributed by atoms with Crippen molar-refractivity contribution in [2.24, 2.45) is 11.8 Å². The lowest BCUT2D eigenvalue weighted by atomic mass is 9.80. The van der Waals surface area contributed by atoms with Gasteiger partial charge in [-0.1, -0.05) is 0 Å². The molecule has 0 bridgehead atoms. The number of hydrogen-bond acceptors (Lipinski definition) is 6. The summed E-state index contributed by atoms with van der Waals surface area (Å²) >= 11 is 0. The Morgan fingerprint density at radius 1 is 1.14 bits per heavy atom. The minimum Gasteiger partial charge on any atom is -0.313 e. The molecule has 6 nitrogen and oxygen atoms in total. The van der Waals surface area contributed by atoms with Crippen molar-refractivity contribution in [3.05, 3.63) is 0 Å². The van der Waals surface area contributed by atoms with Crippen LogP contribution in [0.3, 0.4) is 0 Å². The molecular formula is C14H27F2N5O. The minimum absolute atomic E-state index is 0.142. The van der Waals surface area contributed by atoms with Crippen LogP contribution in [-0.2, 0) is 4.84 Å². The van der Waals surface area contributed by atoms with Crippen LogP contribution in [0.25, 0.3) is 0 Å². The summed E-state index contributed by atoms with van der Waals surface area (Å²) in [5, 5.41) is 13.2. The molecule has 2 saturated heterocycles. The van der Waals surface area contributed by atoms with Crippen molar-refractivity contribution < 1.29 is 13.6 Å².